The summed E-state index contributed by atoms with van der Waals surface area (Å²) < 4.78 is 45.0. The zero-order valence-electron chi connectivity index (χ0n) is 14.0. The molecule has 0 radical (unpaired) electrons. The molecular formula is C16H21F3N3O3+. The maximum absolute atomic E-state index is 13.5. The Morgan fingerprint density at radius 3 is 2.40 bits per heavy atom. The Hall–Kier alpha value is -2.13. The summed E-state index contributed by atoms with van der Waals surface area (Å²) in [5.74, 6) is -5.57. The van der Waals surface area contributed by atoms with E-state index in [1.54, 1.807) is 0 Å². The van der Waals surface area contributed by atoms with Gasteiger partial charge in [-0.25, -0.2) is 13.2 Å². The number of carbonyl (C=O) groups is 2. The van der Waals surface area contributed by atoms with Gasteiger partial charge in [-0.2, -0.15) is 0 Å². The van der Waals surface area contributed by atoms with E-state index in [0.717, 1.165) is 11.0 Å². The van der Waals surface area contributed by atoms with Crippen LogP contribution in [0.1, 0.15) is 13.8 Å². The largest absolute Gasteiger partial charge is 0.364 e. The summed E-state index contributed by atoms with van der Waals surface area (Å²) in [6, 6.07) is 1.62. The number of rotatable bonds is 5. The van der Waals surface area contributed by atoms with Crippen molar-refractivity contribution in [1.82, 2.24) is 5.32 Å². The molecule has 1 aromatic rings. The Bertz CT molecular complexity index is 647. The second-order valence-corrected chi connectivity index (χ2v) is 6.14. The molecule has 1 fully saturated rings. The van der Waals surface area contributed by atoms with Crippen molar-refractivity contribution < 1.29 is 32.4 Å². The minimum Gasteiger partial charge on any atom is -0.364 e. The molecule has 0 saturated carbocycles. The molecule has 0 bridgehead atoms. The van der Waals surface area contributed by atoms with E-state index in [1.807, 2.05) is 13.8 Å². The van der Waals surface area contributed by atoms with Crippen LogP contribution < -0.4 is 15.5 Å². The number of morpholine rings is 1. The average Bonchev–Trinajstić information content (AvgIpc) is 2.52. The lowest BCUT2D eigenvalue weighted by Gasteiger charge is -2.31. The van der Waals surface area contributed by atoms with Crippen LogP contribution in [0.5, 0.6) is 0 Å². The van der Waals surface area contributed by atoms with Gasteiger partial charge in [-0.1, -0.05) is 0 Å². The molecule has 1 aromatic carbocycles. The molecule has 138 valence electrons. The number of nitrogens with one attached hydrogen (secondary N) is 3. The van der Waals surface area contributed by atoms with Gasteiger partial charge in [0.2, 0.25) is 5.91 Å². The molecule has 2 amide bonds. The Kier molecular flexibility index (Phi) is 6.38. The fourth-order valence-electron chi connectivity index (χ4n) is 2.82. The molecule has 1 saturated heterocycles. The smallest absolute Gasteiger partial charge is 0.275 e. The monoisotopic (exact) mass is 360 g/mol. The van der Waals surface area contributed by atoms with Crippen LogP contribution in [0.25, 0.3) is 0 Å². The summed E-state index contributed by atoms with van der Waals surface area (Å²) in [7, 11) is 0. The molecule has 2 rings (SSSR count). The number of anilines is 1. The highest BCUT2D eigenvalue weighted by Crippen LogP contribution is 2.19. The fourth-order valence-corrected chi connectivity index (χ4v) is 2.82. The predicted octanol–water partition coefficient (Wildman–Crippen LogP) is -0.149. The standard InChI is InChI=1S/C16H20F3N3O3/c1-9-6-22(7-10(2)25-9)8-14(24)20-5-13(23)21-12-4-3-11(17)15(18)16(12)19/h3-4,9-10H,5-8H2,1-2H3,(H,20,24)(H,21,23)/p+1/t9-,10+. The minimum atomic E-state index is -1.67. The molecule has 1 heterocycles. The van der Waals surface area contributed by atoms with E-state index in [0.29, 0.717) is 19.2 Å². The zero-order valence-corrected chi connectivity index (χ0v) is 14.0. The van der Waals surface area contributed by atoms with E-state index >= 15 is 0 Å². The van der Waals surface area contributed by atoms with Crippen LogP contribution in [0.15, 0.2) is 12.1 Å². The number of amides is 2. The number of hydrogen-bond acceptors (Lipinski definition) is 3. The third-order valence-electron chi connectivity index (χ3n) is 3.78. The molecule has 3 atom stereocenters. The second-order valence-electron chi connectivity index (χ2n) is 6.14. The highest BCUT2D eigenvalue weighted by atomic mass is 19.2. The summed E-state index contributed by atoms with van der Waals surface area (Å²) in [5.41, 5.74) is -0.486. The van der Waals surface area contributed by atoms with Crippen molar-refractivity contribution >= 4 is 17.5 Å². The van der Waals surface area contributed by atoms with Crippen LogP contribution >= 0.6 is 0 Å². The van der Waals surface area contributed by atoms with Crippen molar-refractivity contribution in [3.63, 3.8) is 0 Å². The predicted molar refractivity (Wildman–Crippen MR) is 83.5 cm³/mol. The van der Waals surface area contributed by atoms with Gasteiger partial charge >= 0.3 is 0 Å². The second kappa shape index (κ2) is 8.30. The maximum Gasteiger partial charge on any atom is 0.275 e. The van der Waals surface area contributed by atoms with Crippen LogP contribution in [0.2, 0.25) is 0 Å². The van der Waals surface area contributed by atoms with E-state index in [2.05, 4.69) is 10.6 Å². The van der Waals surface area contributed by atoms with Crippen LogP contribution in [0, 0.1) is 17.5 Å². The van der Waals surface area contributed by atoms with Gasteiger partial charge in [0.25, 0.3) is 5.91 Å². The average molecular weight is 360 g/mol. The van der Waals surface area contributed by atoms with Crippen LogP contribution in [0.3, 0.4) is 0 Å². The highest BCUT2D eigenvalue weighted by Gasteiger charge is 2.27. The number of halogens is 3. The van der Waals surface area contributed by atoms with Crippen LogP contribution in [-0.4, -0.2) is 50.2 Å². The molecular weight excluding hydrogens is 339 g/mol. The van der Waals surface area contributed by atoms with Gasteiger partial charge in [0, 0.05) is 0 Å². The van der Waals surface area contributed by atoms with E-state index in [1.165, 1.54) is 0 Å². The maximum atomic E-state index is 13.5. The van der Waals surface area contributed by atoms with Crippen molar-refractivity contribution in [2.75, 3.05) is 31.5 Å². The van der Waals surface area contributed by atoms with Crippen molar-refractivity contribution in [3.8, 4) is 0 Å². The summed E-state index contributed by atoms with van der Waals surface area (Å²) >= 11 is 0. The first kappa shape index (κ1) is 19.2. The number of hydrogen-bond donors (Lipinski definition) is 3. The van der Waals surface area contributed by atoms with E-state index < -0.39 is 35.6 Å². The van der Waals surface area contributed by atoms with E-state index in [9.17, 15) is 22.8 Å². The lowest BCUT2D eigenvalue weighted by Crippen LogP contribution is -3.16. The van der Waals surface area contributed by atoms with Crippen molar-refractivity contribution in [2.45, 2.75) is 26.1 Å². The number of ether oxygens (including phenoxy) is 1. The quantitative estimate of drug-likeness (QED) is 0.640. The molecule has 0 aliphatic carbocycles. The first-order chi connectivity index (χ1) is 11.8. The van der Waals surface area contributed by atoms with Gasteiger partial charge in [0.05, 0.1) is 12.2 Å². The summed E-state index contributed by atoms with van der Waals surface area (Å²) in [6.07, 6.45) is 0.0948. The van der Waals surface area contributed by atoms with Gasteiger partial charge < -0.3 is 20.3 Å². The fraction of sp³-hybridized carbons (Fsp3) is 0.500. The third kappa shape index (κ3) is 5.43. The lowest BCUT2D eigenvalue weighted by molar-refractivity contribution is -0.907. The zero-order chi connectivity index (χ0) is 18.6. The summed E-state index contributed by atoms with van der Waals surface area (Å²) in [4.78, 5) is 24.7. The lowest BCUT2D eigenvalue weighted by atomic mass is 10.2. The van der Waals surface area contributed by atoms with Gasteiger partial charge in [-0.05, 0) is 26.0 Å². The van der Waals surface area contributed by atoms with Gasteiger partial charge in [0.15, 0.2) is 24.0 Å². The molecule has 6 nitrogen and oxygen atoms in total. The Morgan fingerprint density at radius 1 is 1.12 bits per heavy atom. The van der Waals surface area contributed by atoms with Crippen molar-refractivity contribution in [2.24, 2.45) is 0 Å². The summed E-state index contributed by atoms with van der Waals surface area (Å²) in [5, 5.41) is 4.51. The van der Waals surface area contributed by atoms with E-state index in [-0.39, 0.29) is 24.7 Å². The Labute approximate surface area is 143 Å². The molecule has 3 N–H and O–H groups in total. The molecule has 1 unspecified atom stereocenters. The first-order valence-electron chi connectivity index (χ1n) is 7.95. The van der Waals surface area contributed by atoms with E-state index in [4.69, 9.17) is 4.74 Å². The number of carbonyl (C=O) groups excluding carboxylic acids is 2. The Balaban J connectivity index is 1.80. The van der Waals surface area contributed by atoms with Crippen molar-refractivity contribution in [3.05, 3.63) is 29.6 Å². The molecule has 1 aliphatic rings. The van der Waals surface area contributed by atoms with Gasteiger partial charge in [-0.3, -0.25) is 9.59 Å². The first-order valence-corrected chi connectivity index (χ1v) is 7.95. The van der Waals surface area contributed by atoms with Gasteiger partial charge in [-0.15, -0.1) is 0 Å². The third-order valence-corrected chi connectivity index (χ3v) is 3.78. The highest BCUT2D eigenvalue weighted by molar-refractivity contribution is 5.94. The molecule has 9 heteroatoms. The number of benzene rings is 1. The van der Waals surface area contributed by atoms with Gasteiger partial charge in [0.1, 0.15) is 25.3 Å². The summed E-state index contributed by atoms with van der Waals surface area (Å²) in [6.45, 7) is 5.01. The SMILES string of the molecule is C[C@@H]1C[NH+](CC(=O)NCC(=O)Nc2ccc(F)c(F)c2F)C[C@H](C)O1. The molecule has 0 spiro atoms. The van der Waals surface area contributed by atoms with Crippen LogP contribution in [0.4, 0.5) is 18.9 Å². The van der Waals surface area contributed by atoms with Crippen LogP contribution in [-0.2, 0) is 14.3 Å². The molecule has 1 aliphatic heterocycles. The normalized spacial score (nSPS) is 23.2. The van der Waals surface area contributed by atoms with Crippen molar-refractivity contribution in [1.29, 1.82) is 0 Å². The number of quaternary nitrogens is 1. The molecule has 25 heavy (non-hydrogen) atoms. The molecule has 0 aromatic heterocycles. The topological polar surface area (TPSA) is 71.9 Å². The Morgan fingerprint density at radius 2 is 1.76 bits per heavy atom. The minimum absolute atomic E-state index is 0.0474.